The van der Waals surface area contributed by atoms with Crippen molar-refractivity contribution in [1.82, 2.24) is 15.6 Å². The fourth-order valence-corrected chi connectivity index (χ4v) is 3.56. The van der Waals surface area contributed by atoms with Gasteiger partial charge in [0.1, 0.15) is 11.6 Å². The zero-order valence-electron chi connectivity index (χ0n) is 16.5. The molecule has 150 valence electrons. The molecule has 0 bridgehead atoms. The first-order chi connectivity index (χ1) is 13.7. The first-order valence-electron chi connectivity index (χ1n) is 9.73. The highest BCUT2D eigenvalue weighted by Gasteiger charge is 2.25. The molecule has 0 spiro atoms. The molecule has 6 nitrogen and oxygen atoms in total. The monoisotopic (exact) mass is 401 g/mol. The molecule has 2 heterocycles. The van der Waals surface area contributed by atoms with Crippen LogP contribution in [-0.2, 0) is 6.42 Å². The van der Waals surface area contributed by atoms with Crippen molar-refractivity contribution in [3.05, 3.63) is 53.2 Å². The Hall–Kier alpha value is -2.47. The summed E-state index contributed by atoms with van der Waals surface area (Å²) in [5.74, 6) is 2.59. The minimum absolute atomic E-state index is 0.313. The predicted molar refractivity (Wildman–Crippen MR) is 116 cm³/mol. The predicted octanol–water partition coefficient (Wildman–Crippen LogP) is 3.12. The summed E-state index contributed by atoms with van der Waals surface area (Å²) in [4.78, 5) is 11.4. The number of benzene rings is 1. The van der Waals surface area contributed by atoms with Gasteiger partial charge in [-0.3, -0.25) is 4.99 Å². The van der Waals surface area contributed by atoms with E-state index in [0.29, 0.717) is 17.6 Å². The molecule has 1 fully saturated rings. The molecule has 28 heavy (non-hydrogen) atoms. The molecule has 7 heteroatoms. The van der Waals surface area contributed by atoms with E-state index in [1.807, 2.05) is 24.3 Å². The van der Waals surface area contributed by atoms with E-state index in [2.05, 4.69) is 39.6 Å². The minimum atomic E-state index is 0.313. The molecule has 1 unspecified atom stereocenters. The summed E-state index contributed by atoms with van der Waals surface area (Å²) in [6, 6.07) is 12.2. The van der Waals surface area contributed by atoms with Crippen LogP contribution in [0.5, 0.6) is 5.75 Å². The first-order valence-corrected chi connectivity index (χ1v) is 10.1. The number of hydrogen-bond donors (Lipinski definition) is 2. The van der Waals surface area contributed by atoms with Crippen molar-refractivity contribution in [1.29, 1.82) is 0 Å². The largest absolute Gasteiger partial charge is 0.497 e. The van der Waals surface area contributed by atoms with E-state index in [4.69, 9.17) is 21.3 Å². The van der Waals surface area contributed by atoms with Gasteiger partial charge in [0.25, 0.3) is 0 Å². The van der Waals surface area contributed by atoms with Crippen LogP contribution in [0.1, 0.15) is 18.9 Å². The first kappa shape index (κ1) is 20.3. The van der Waals surface area contributed by atoms with Crippen LogP contribution < -0.4 is 20.3 Å². The molecular weight excluding hydrogens is 374 g/mol. The van der Waals surface area contributed by atoms with Crippen molar-refractivity contribution >= 4 is 23.4 Å². The maximum atomic E-state index is 6.29. The average molecular weight is 402 g/mol. The molecule has 0 aliphatic carbocycles. The van der Waals surface area contributed by atoms with Gasteiger partial charge in [-0.05, 0) is 49.6 Å². The van der Waals surface area contributed by atoms with Crippen LogP contribution in [0.15, 0.2) is 47.6 Å². The van der Waals surface area contributed by atoms with Crippen LogP contribution in [-0.4, -0.2) is 50.3 Å². The molecule has 1 aromatic heterocycles. The average Bonchev–Trinajstić information content (AvgIpc) is 3.17. The second kappa shape index (κ2) is 10.2. The lowest BCUT2D eigenvalue weighted by Gasteiger charge is -2.20. The molecule has 3 rings (SSSR count). The van der Waals surface area contributed by atoms with Gasteiger partial charge in [0.2, 0.25) is 0 Å². The van der Waals surface area contributed by atoms with E-state index in [9.17, 15) is 0 Å². The third-order valence-corrected chi connectivity index (χ3v) is 5.01. The lowest BCUT2D eigenvalue weighted by molar-refractivity contribution is 0.414. The Balaban J connectivity index is 1.55. The molecule has 0 radical (unpaired) electrons. The topological polar surface area (TPSA) is 61.8 Å². The van der Waals surface area contributed by atoms with Gasteiger partial charge in [-0.15, -0.1) is 0 Å². The molecule has 1 atom stereocenters. The van der Waals surface area contributed by atoms with Crippen LogP contribution in [0.4, 0.5) is 5.82 Å². The third kappa shape index (κ3) is 5.52. The zero-order valence-corrected chi connectivity index (χ0v) is 17.2. The Bertz CT molecular complexity index is 798. The number of nitrogens with one attached hydrogen (secondary N) is 2. The van der Waals surface area contributed by atoms with Gasteiger partial charge in [-0.25, -0.2) is 4.98 Å². The fraction of sp³-hybridized carbons (Fsp3) is 0.429. The second-order valence-corrected chi connectivity index (χ2v) is 7.15. The maximum Gasteiger partial charge on any atom is 0.191 e. The molecule has 2 N–H and O–H groups in total. The van der Waals surface area contributed by atoms with Crippen LogP contribution in [0.2, 0.25) is 5.02 Å². The van der Waals surface area contributed by atoms with Gasteiger partial charge in [0.05, 0.1) is 12.1 Å². The van der Waals surface area contributed by atoms with Crippen molar-refractivity contribution in [2.24, 2.45) is 4.99 Å². The van der Waals surface area contributed by atoms with Crippen molar-refractivity contribution < 1.29 is 4.74 Å². The summed E-state index contributed by atoms with van der Waals surface area (Å²) in [5, 5.41) is 7.58. The standard InChI is InChI=1S/C21H28ClN5O/c1-3-23-21(25-12-9-16-6-4-7-18(14-16)28-2)26-17-10-13-27(15-17)20-19(22)8-5-11-24-20/h4-8,11,14,17H,3,9-10,12-13,15H2,1-2H3,(H2,23,25,26). The van der Waals surface area contributed by atoms with Gasteiger partial charge < -0.3 is 20.3 Å². The summed E-state index contributed by atoms with van der Waals surface area (Å²) in [7, 11) is 1.69. The maximum absolute atomic E-state index is 6.29. The lowest BCUT2D eigenvalue weighted by atomic mass is 10.1. The number of pyridine rings is 1. The Morgan fingerprint density at radius 3 is 3.04 bits per heavy atom. The van der Waals surface area contributed by atoms with Gasteiger partial charge in [-0.1, -0.05) is 23.7 Å². The lowest BCUT2D eigenvalue weighted by Crippen LogP contribution is -2.44. The molecule has 0 saturated carbocycles. The number of rotatable bonds is 7. The summed E-state index contributed by atoms with van der Waals surface area (Å²) < 4.78 is 5.28. The third-order valence-electron chi connectivity index (χ3n) is 4.72. The van der Waals surface area contributed by atoms with E-state index < -0.39 is 0 Å². The number of hydrogen-bond acceptors (Lipinski definition) is 4. The van der Waals surface area contributed by atoms with Gasteiger partial charge in [-0.2, -0.15) is 0 Å². The Morgan fingerprint density at radius 2 is 2.25 bits per heavy atom. The fourth-order valence-electron chi connectivity index (χ4n) is 3.32. The highest BCUT2D eigenvalue weighted by Crippen LogP contribution is 2.25. The smallest absolute Gasteiger partial charge is 0.191 e. The number of halogens is 1. The Kier molecular flexibility index (Phi) is 7.37. The van der Waals surface area contributed by atoms with Crippen LogP contribution >= 0.6 is 11.6 Å². The van der Waals surface area contributed by atoms with E-state index in [1.54, 1.807) is 13.3 Å². The van der Waals surface area contributed by atoms with E-state index >= 15 is 0 Å². The van der Waals surface area contributed by atoms with Gasteiger partial charge in [0.15, 0.2) is 5.96 Å². The van der Waals surface area contributed by atoms with Gasteiger partial charge in [0, 0.05) is 38.4 Å². The summed E-state index contributed by atoms with van der Waals surface area (Å²) in [5.41, 5.74) is 1.22. The number of aliphatic imine (C=N–C) groups is 1. The number of guanidine groups is 1. The van der Waals surface area contributed by atoms with Crippen molar-refractivity contribution in [2.75, 3.05) is 38.2 Å². The molecular formula is C21H28ClN5O. The minimum Gasteiger partial charge on any atom is -0.497 e. The number of aromatic nitrogens is 1. The summed E-state index contributed by atoms with van der Waals surface area (Å²) in [6.07, 6.45) is 3.67. The molecule has 1 aromatic carbocycles. The number of methoxy groups -OCH3 is 1. The van der Waals surface area contributed by atoms with E-state index in [0.717, 1.165) is 50.0 Å². The molecule has 1 aliphatic rings. The van der Waals surface area contributed by atoms with Crippen molar-refractivity contribution in [3.8, 4) is 5.75 Å². The summed E-state index contributed by atoms with van der Waals surface area (Å²) in [6.45, 7) is 5.40. The Morgan fingerprint density at radius 1 is 1.36 bits per heavy atom. The van der Waals surface area contributed by atoms with Crippen molar-refractivity contribution in [2.45, 2.75) is 25.8 Å². The number of nitrogens with zero attached hydrogens (tertiary/aromatic N) is 3. The van der Waals surface area contributed by atoms with Crippen LogP contribution in [0, 0.1) is 0 Å². The Labute approximate surface area is 172 Å². The highest BCUT2D eigenvalue weighted by molar-refractivity contribution is 6.32. The van der Waals surface area contributed by atoms with Crippen LogP contribution in [0.25, 0.3) is 0 Å². The van der Waals surface area contributed by atoms with Crippen molar-refractivity contribution in [3.63, 3.8) is 0 Å². The zero-order chi connectivity index (χ0) is 19.8. The SMILES string of the molecule is CCNC(=NCCc1cccc(OC)c1)NC1CCN(c2ncccc2Cl)C1. The molecule has 2 aromatic rings. The van der Waals surface area contributed by atoms with E-state index in [-0.39, 0.29) is 0 Å². The number of ether oxygens (including phenoxy) is 1. The summed E-state index contributed by atoms with van der Waals surface area (Å²) >= 11 is 6.29. The highest BCUT2D eigenvalue weighted by atomic mass is 35.5. The van der Waals surface area contributed by atoms with E-state index in [1.165, 1.54) is 5.56 Å². The normalized spacial score (nSPS) is 16.9. The van der Waals surface area contributed by atoms with Gasteiger partial charge >= 0.3 is 0 Å². The number of anilines is 1. The second-order valence-electron chi connectivity index (χ2n) is 6.75. The quantitative estimate of drug-likeness (QED) is 0.551. The van der Waals surface area contributed by atoms with Crippen LogP contribution in [0.3, 0.4) is 0 Å². The molecule has 1 aliphatic heterocycles. The molecule has 0 amide bonds. The molecule has 1 saturated heterocycles.